The Morgan fingerprint density at radius 1 is 1.10 bits per heavy atom. The second kappa shape index (κ2) is 6.66. The minimum atomic E-state index is 0.0943. The summed E-state index contributed by atoms with van der Waals surface area (Å²) in [6, 6.07) is 1.26. The Kier molecular flexibility index (Phi) is 4.85. The van der Waals surface area contributed by atoms with E-state index in [1.807, 2.05) is 0 Å². The molecule has 4 heteroatoms. The number of carbonyl (C=O) groups excluding carboxylic acids is 1. The molecule has 1 aliphatic heterocycles. The van der Waals surface area contributed by atoms with Crippen LogP contribution < -0.4 is 11.1 Å². The van der Waals surface area contributed by atoms with Crippen molar-refractivity contribution in [2.75, 3.05) is 19.6 Å². The van der Waals surface area contributed by atoms with Crippen LogP contribution in [0.1, 0.15) is 64.2 Å². The van der Waals surface area contributed by atoms with E-state index in [1.54, 1.807) is 0 Å². The van der Waals surface area contributed by atoms with Gasteiger partial charge in [-0.15, -0.1) is 0 Å². The molecule has 3 rings (SSSR count). The van der Waals surface area contributed by atoms with Gasteiger partial charge in [0.25, 0.3) is 0 Å². The van der Waals surface area contributed by atoms with E-state index in [-0.39, 0.29) is 11.3 Å². The van der Waals surface area contributed by atoms with Crippen LogP contribution in [0.2, 0.25) is 0 Å². The van der Waals surface area contributed by atoms with E-state index >= 15 is 0 Å². The second-order valence-corrected chi connectivity index (χ2v) is 7.55. The van der Waals surface area contributed by atoms with Crippen LogP contribution >= 0.6 is 0 Å². The molecule has 2 aliphatic carbocycles. The van der Waals surface area contributed by atoms with Crippen LogP contribution in [0, 0.1) is 5.41 Å². The lowest BCUT2D eigenvalue weighted by Gasteiger charge is -2.37. The summed E-state index contributed by atoms with van der Waals surface area (Å²) in [5, 5.41) is 3.28. The number of carbonyl (C=O) groups is 1. The Bertz CT molecular complexity index is 353. The quantitative estimate of drug-likeness (QED) is 0.815. The Labute approximate surface area is 128 Å². The molecule has 0 radical (unpaired) electrons. The molecule has 120 valence electrons. The molecule has 21 heavy (non-hydrogen) atoms. The molecule has 1 saturated heterocycles. The van der Waals surface area contributed by atoms with Crippen molar-refractivity contribution in [1.82, 2.24) is 10.2 Å². The first-order chi connectivity index (χ1) is 10.2. The van der Waals surface area contributed by atoms with E-state index in [4.69, 9.17) is 5.73 Å². The van der Waals surface area contributed by atoms with Gasteiger partial charge < -0.3 is 16.0 Å². The highest BCUT2D eigenvalue weighted by atomic mass is 16.1. The Morgan fingerprint density at radius 3 is 2.33 bits per heavy atom. The predicted octanol–water partition coefficient (Wildman–Crippen LogP) is 2.03. The van der Waals surface area contributed by atoms with Crippen LogP contribution in [0.15, 0.2) is 0 Å². The number of rotatable bonds is 5. The molecule has 0 unspecified atom stereocenters. The zero-order valence-corrected chi connectivity index (χ0v) is 13.3. The van der Waals surface area contributed by atoms with Gasteiger partial charge in [0.05, 0.1) is 0 Å². The first-order valence-corrected chi connectivity index (χ1v) is 8.94. The summed E-state index contributed by atoms with van der Waals surface area (Å²) in [5.74, 6) is 0.243. The maximum Gasteiger partial charge on any atom is 0.220 e. The zero-order chi connectivity index (χ0) is 14.7. The van der Waals surface area contributed by atoms with E-state index in [9.17, 15) is 4.79 Å². The van der Waals surface area contributed by atoms with Crippen molar-refractivity contribution in [2.24, 2.45) is 11.1 Å². The maximum atomic E-state index is 12.4. The largest absolute Gasteiger partial charge is 0.353 e. The third-order valence-corrected chi connectivity index (χ3v) is 5.84. The van der Waals surface area contributed by atoms with Crippen molar-refractivity contribution in [3.63, 3.8) is 0 Å². The van der Waals surface area contributed by atoms with Crippen molar-refractivity contribution in [2.45, 2.75) is 76.3 Å². The maximum absolute atomic E-state index is 12.4. The monoisotopic (exact) mass is 293 g/mol. The highest BCUT2D eigenvalue weighted by molar-refractivity contribution is 5.77. The lowest BCUT2D eigenvalue weighted by atomic mass is 9.71. The fourth-order valence-electron chi connectivity index (χ4n) is 4.22. The van der Waals surface area contributed by atoms with Gasteiger partial charge >= 0.3 is 0 Å². The summed E-state index contributed by atoms with van der Waals surface area (Å²) in [6.45, 7) is 3.00. The van der Waals surface area contributed by atoms with Crippen molar-refractivity contribution in [3.05, 3.63) is 0 Å². The zero-order valence-electron chi connectivity index (χ0n) is 13.3. The molecule has 3 N–H and O–H groups in total. The van der Waals surface area contributed by atoms with E-state index < -0.39 is 0 Å². The van der Waals surface area contributed by atoms with Crippen molar-refractivity contribution in [3.8, 4) is 0 Å². The Balaban J connectivity index is 1.43. The molecule has 2 saturated carbocycles. The van der Waals surface area contributed by atoms with Crippen molar-refractivity contribution < 1.29 is 4.79 Å². The van der Waals surface area contributed by atoms with E-state index in [1.165, 1.54) is 32.1 Å². The molecule has 0 aromatic carbocycles. The fourth-order valence-corrected chi connectivity index (χ4v) is 4.22. The highest BCUT2D eigenvalue weighted by Gasteiger charge is 2.35. The lowest BCUT2D eigenvalue weighted by Crippen LogP contribution is -2.47. The van der Waals surface area contributed by atoms with Crippen LogP contribution in [0.25, 0.3) is 0 Å². The van der Waals surface area contributed by atoms with Gasteiger partial charge in [0, 0.05) is 31.6 Å². The summed E-state index contributed by atoms with van der Waals surface area (Å²) in [6.07, 6.45) is 11.7. The molecule has 0 aromatic heterocycles. The molecule has 1 heterocycles. The number of nitrogens with zero attached hydrogens (tertiary/aromatic N) is 1. The van der Waals surface area contributed by atoms with Crippen LogP contribution in [0.5, 0.6) is 0 Å². The molecule has 3 aliphatic rings. The average molecular weight is 293 g/mol. The standard InChI is InChI=1S/C17H31N3O/c18-13-17(8-2-1-3-9-17)12-16(21)19-14-6-10-20(11-7-14)15-4-5-15/h14-15H,1-13,18H2,(H,19,21). The molecule has 0 spiro atoms. The second-order valence-electron chi connectivity index (χ2n) is 7.55. The topological polar surface area (TPSA) is 58.4 Å². The fraction of sp³-hybridized carbons (Fsp3) is 0.941. The number of nitrogens with one attached hydrogen (secondary N) is 1. The van der Waals surface area contributed by atoms with Gasteiger partial charge in [0.1, 0.15) is 0 Å². The van der Waals surface area contributed by atoms with Crippen LogP contribution in [-0.2, 0) is 4.79 Å². The highest BCUT2D eigenvalue weighted by Crippen LogP contribution is 2.38. The van der Waals surface area contributed by atoms with Gasteiger partial charge in [-0.1, -0.05) is 19.3 Å². The molecular formula is C17H31N3O. The number of amides is 1. The van der Waals surface area contributed by atoms with Crippen LogP contribution in [0.4, 0.5) is 0 Å². The number of hydrogen-bond donors (Lipinski definition) is 2. The van der Waals surface area contributed by atoms with Gasteiger partial charge in [-0.3, -0.25) is 4.79 Å². The summed E-state index contributed by atoms with van der Waals surface area (Å²) < 4.78 is 0. The molecule has 1 amide bonds. The minimum absolute atomic E-state index is 0.0943. The van der Waals surface area contributed by atoms with Gasteiger partial charge in [-0.2, -0.15) is 0 Å². The first kappa shape index (κ1) is 15.3. The van der Waals surface area contributed by atoms with Gasteiger partial charge in [0.2, 0.25) is 5.91 Å². The summed E-state index contributed by atoms with van der Waals surface area (Å²) >= 11 is 0. The SMILES string of the molecule is NCC1(CC(=O)NC2CCN(C3CC3)CC2)CCCCC1. The molecular weight excluding hydrogens is 262 g/mol. The molecule has 3 fully saturated rings. The van der Waals surface area contributed by atoms with Crippen LogP contribution in [-0.4, -0.2) is 42.5 Å². The average Bonchev–Trinajstić information content (AvgIpc) is 3.33. The Morgan fingerprint density at radius 2 is 1.76 bits per heavy atom. The third-order valence-electron chi connectivity index (χ3n) is 5.84. The molecule has 0 aromatic rings. The number of hydrogen-bond acceptors (Lipinski definition) is 3. The summed E-state index contributed by atoms with van der Waals surface area (Å²) in [5.41, 5.74) is 6.09. The minimum Gasteiger partial charge on any atom is -0.353 e. The van der Waals surface area contributed by atoms with Crippen molar-refractivity contribution in [1.29, 1.82) is 0 Å². The van der Waals surface area contributed by atoms with E-state index in [2.05, 4.69) is 10.2 Å². The van der Waals surface area contributed by atoms with E-state index in [0.29, 0.717) is 19.0 Å². The van der Waals surface area contributed by atoms with Crippen molar-refractivity contribution >= 4 is 5.91 Å². The lowest BCUT2D eigenvalue weighted by molar-refractivity contribution is -0.124. The third kappa shape index (κ3) is 3.98. The number of piperidine rings is 1. The summed E-state index contributed by atoms with van der Waals surface area (Å²) in [4.78, 5) is 15.0. The Hall–Kier alpha value is -0.610. The first-order valence-electron chi connectivity index (χ1n) is 8.94. The smallest absolute Gasteiger partial charge is 0.220 e. The van der Waals surface area contributed by atoms with Crippen LogP contribution in [0.3, 0.4) is 0 Å². The number of likely N-dealkylation sites (tertiary alicyclic amines) is 1. The predicted molar refractivity (Wildman–Crippen MR) is 84.9 cm³/mol. The normalized spacial score (nSPS) is 27.5. The molecule has 0 bridgehead atoms. The van der Waals surface area contributed by atoms with Gasteiger partial charge in [-0.25, -0.2) is 0 Å². The summed E-state index contributed by atoms with van der Waals surface area (Å²) in [7, 11) is 0. The number of nitrogens with two attached hydrogens (primary N) is 1. The molecule has 0 atom stereocenters. The molecule has 4 nitrogen and oxygen atoms in total. The van der Waals surface area contributed by atoms with Gasteiger partial charge in [0.15, 0.2) is 0 Å². The van der Waals surface area contributed by atoms with Gasteiger partial charge in [-0.05, 0) is 50.5 Å². The van der Waals surface area contributed by atoms with E-state index in [0.717, 1.165) is 44.8 Å².